The Morgan fingerprint density at radius 2 is 1.38 bits per heavy atom. The van der Waals surface area contributed by atoms with E-state index in [2.05, 4.69) is 5.32 Å². The minimum absolute atomic E-state index is 0.0105. The Bertz CT molecular complexity index is 1430. The molecule has 208 valence electrons. The second-order valence-electron chi connectivity index (χ2n) is 8.96. The summed E-state index contributed by atoms with van der Waals surface area (Å²) in [4.78, 5) is 28.1. The van der Waals surface area contributed by atoms with Gasteiger partial charge < -0.3 is 10.2 Å². The number of hydrogen-bond donors (Lipinski definition) is 1. The van der Waals surface area contributed by atoms with E-state index in [1.807, 2.05) is 0 Å². The molecule has 2 amide bonds. The van der Waals surface area contributed by atoms with Crippen LogP contribution in [0.1, 0.15) is 26.3 Å². The van der Waals surface area contributed by atoms with Gasteiger partial charge in [0.05, 0.1) is 20.6 Å². The average Bonchev–Trinajstić information content (AvgIpc) is 2.88. The molecule has 39 heavy (non-hydrogen) atoms. The summed E-state index contributed by atoms with van der Waals surface area (Å²) in [6.45, 7) is 4.29. The SMILES string of the molecule is CC(C)NC(=O)C(C)N(Cc1c(Cl)cccc1Cl)C(=O)CN(c1cccc(Cl)c1Cl)S(=O)(=O)c1ccccc1. The van der Waals surface area contributed by atoms with Crippen LogP contribution in [0, 0.1) is 0 Å². The Hall–Kier alpha value is -2.49. The Kier molecular flexibility index (Phi) is 10.5. The van der Waals surface area contributed by atoms with Gasteiger partial charge in [-0.05, 0) is 57.2 Å². The molecule has 1 unspecified atom stereocenters. The fourth-order valence-electron chi connectivity index (χ4n) is 3.76. The summed E-state index contributed by atoms with van der Waals surface area (Å²) in [6.07, 6.45) is 0. The molecule has 0 bridgehead atoms. The first-order valence-electron chi connectivity index (χ1n) is 11.9. The molecule has 1 atom stereocenters. The number of rotatable bonds is 10. The van der Waals surface area contributed by atoms with E-state index in [0.717, 1.165) is 4.31 Å². The second-order valence-corrected chi connectivity index (χ2v) is 12.4. The summed E-state index contributed by atoms with van der Waals surface area (Å²) >= 11 is 25.4. The minimum atomic E-state index is -4.29. The van der Waals surface area contributed by atoms with Gasteiger partial charge in [-0.1, -0.05) is 76.7 Å². The number of amides is 2. The first-order chi connectivity index (χ1) is 18.3. The Morgan fingerprint density at radius 3 is 1.97 bits per heavy atom. The van der Waals surface area contributed by atoms with Crippen LogP contribution in [0.2, 0.25) is 20.1 Å². The summed E-state index contributed by atoms with van der Waals surface area (Å²) in [7, 11) is -4.29. The van der Waals surface area contributed by atoms with Gasteiger partial charge in [0, 0.05) is 28.2 Å². The number of carbonyl (C=O) groups is 2. The molecule has 0 saturated heterocycles. The van der Waals surface area contributed by atoms with Crippen LogP contribution < -0.4 is 9.62 Å². The molecular formula is C27H27Cl4N3O4S. The fraction of sp³-hybridized carbons (Fsp3) is 0.259. The van der Waals surface area contributed by atoms with Gasteiger partial charge in [-0.25, -0.2) is 8.42 Å². The van der Waals surface area contributed by atoms with Gasteiger partial charge in [0.15, 0.2) is 0 Å². The van der Waals surface area contributed by atoms with Crippen LogP contribution in [0.25, 0.3) is 0 Å². The third kappa shape index (κ3) is 7.38. The average molecular weight is 631 g/mol. The van der Waals surface area contributed by atoms with Crippen molar-refractivity contribution in [1.82, 2.24) is 10.2 Å². The lowest BCUT2D eigenvalue weighted by molar-refractivity contribution is -0.139. The number of sulfonamides is 1. The van der Waals surface area contributed by atoms with Crippen molar-refractivity contribution in [2.45, 2.75) is 44.3 Å². The third-order valence-corrected chi connectivity index (χ3v) is 9.09. The number of halogens is 4. The quantitative estimate of drug-likeness (QED) is 0.279. The number of nitrogens with one attached hydrogen (secondary N) is 1. The standard InChI is InChI=1S/C27H27Cl4N3O4S/c1-17(2)32-27(36)18(3)33(15-20-21(28)11-7-12-22(20)29)25(35)16-34(24-14-8-13-23(30)26(24)31)39(37,38)19-9-5-4-6-10-19/h4-14,17-18H,15-16H2,1-3H3,(H,32,36). The lowest BCUT2D eigenvalue weighted by Gasteiger charge is -2.33. The lowest BCUT2D eigenvalue weighted by atomic mass is 10.1. The maximum atomic E-state index is 13.9. The molecule has 0 aromatic heterocycles. The highest BCUT2D eigenvalue weighted by atomic mass is 35.5. The topological polar surface area (TPSA) is 86.8 Å². The van der Waals surface area contributed by atoms with Crippen LogP contribution in [0.15, 0.2) is 71.6 Å². The van der Waals surface area contributed by atoms with Crippen molar-refractivity contribution < 1.29 is 18.0 Å². The fourth-order valence-corrected chi connectivity index (χ4v) is 6.17. The first-order valence-corrected chi connectivity index (χ1v) is 14.8. The van der Waals surface area contributed by atoms with Crippen LogP contribution >= 0.6 is 46.4 Å². The molecule has 0 heterocycles. The minimum Gasteiger partial charge on any atom is -0.352 e. The normalized spacial score (nSPS) is 12.2. The van der Waals surface area contributed by atoms with Gasteiger partial charge in [-0.3, -0.25) is 13.9 Å². The third-order valence-electron chi connectivity index (χ3n) is 5.80. The van der Waals surface area contributed by atoms with Gasteiger partial charge in [-0.2, -0.15) is 0 Å². The van der Waals surface area contributed by atoms with Crippen LogP contribution in [0.4, 0.5) is 5.69 Å². The van der Waals surface area contributed by atoms with E-state index in [9.17, 15) is 18.0 Å². The Morgan fingerprint density at radius 1 is 0.821 bits per heavy atom. The molecule has 3 rings (SSSR count). The molecule has 0 aliphatic heterocycles. The molecule has 0 saturated carbocycles. The van der Waals surface area contributed by atoms with Crippen LogP contribution in [0.3, 0.4) is 0 Å². The maximum absolute atomic E-state index is 13.9. The highest BCUT2D eigenvalue weighted by Gasteiger charge is 2.34. The maximum Gasteiger partial charge on any atom is 0.264 e. The lowest BCUT2D eigenvalue weighted by Crippen LogP contribution is -2.52. The molecule has 7 nitrogen and oxygen atoms in total. The zero-order chi connectivity index (χ0) is 28.9. The Balaban J connectivity index is 2.10. The summed E-state index contributed by atoms with van der Waals surface area (Å²) in [5.74, 6) is -1.12. The zero-order valence-corrected chi connectivity index (χ0v) is 25.2. The molecule has 1 N–H and O–H groups in total. The van der Waals surface area contributed by atoms with E-state index >= 15 is 0 Å². The number of nitrogens with zero attached hydrogens (tertiary/aromatic N) is 2. The molecule has 0 aliphatic rings. The molecule has 0 aliphatic carbocycles. The van der Waals surface area contributed by atoms with Gasteiger partial charge >= 0.3 is 0 Å². The van der Waals surface area contributed by atoms with E-state index in [-0.39, 0.29) is 33.2 Å². The van der Waals surface area contributed by atoms with Gasteiger partial charge in [0.25, 0.3) is 10.0 Å². The van der Waals surface area contributed by atoms with Crippen molar-refractivity contribution >= 4 is 73.9 Å². The van der Waals surface area contributed by atoms with E-state index < -0.39 is 34.4 Å². The molecule has 0 fully saturated rings. The van der Waals surface area contributed by atoms with Crippen LogP contribution in [0.5, 0.6) is 0 Å². The van der Waals surface area contributed by atoms with E-state index in [0.29, 0.717) is 15.6 Å². The number of carbonyl (C=O) groups excluding carboxylic acids is 2. The predicted molar refractivity (Wildman–Crippen MR) is 157 cm³/mol. The highest BCUT2D eigenvalue weighted by Crippen LogP contribution is 2.36. The molecular weight excluding hydrogens is 604 g/mol. The van der Waals surface area contributed by atoms with E-state index in [1.54, 1.807) is 57.2 Å². The summed E-state index contributed by atoms with van der Waals surface area (Å²) in [5.41, 5.74) is 0.424. The van der Waals surface area contributed by atoms with E-state index in [4.69, 9.17) is 46.4 Å². The largest absolute Gasteiger partial charge is 0.352 e. The van der Waals surface area contributed by atoms with Crippen molar-refractivity contribution in [1.29, 1.82) is 0 Å². The zero-order valence-electron chi connectivity index (χ0n) is 21.4. The van der Waals surface area contributed by atoms with E-state index in [1.165, 1.54) is 35.2 Å². The molecule has 0 spiro atoms. The van der Waals surface area contributed by atoms with Crippen molar-refractivity contribution in [3.63, 3.8) is 0 Å². The molecule has 12 heteroatoms. The van der Waals surface area contributed by atoms with Gasteiger partial charge in [0.1, 0.15) is 12.6 Å². The molecule has 3 aromatic carbocycles. The predicted octanol–water partition coefficient (Wildman–Crippen LogP) is 6.44. The number of hydrogen-bond acceptors (Lipinski definition) is 4. The monoisotopic (exact) mass is 629 g/mol. The summed E-state index contributed by atoms with van der Waals surface area (Å²) in [5, 5.41) is 3.44. The van der Waals surface area contributed by atoms with Crippen LogP contribution in [-0.2, 0) is 26.2 Å². The van der Waals surface area contributed by atoms with Gasteiger partial charge in [0.2, 0.25) is 11.8 Å². The second kappa shape index (κ2) is 13.2. The number of anilines is 1. The molecule has 3 aromatic rings. The van der Waals surface area contributed by atoms with Crippen molar-refractivity contribution in [3.05, 3.63) is 92.4 Å². The smallest absolute Gasteiger partial charge is 0.264 e. The highest BCUT2D eigenvalue weighted by molar-refractivity contribution is 7.92. The van der Waals surface area contributed by atoms with Crippen molar-refractivity contribution in [2.24, 2.45) is 0 Å². The summed E-state index contributed by atoms with van der Waals surface area (Å²) < 4.78 is 28.5. The first kappa shape index (κ1) is 31.0. The van der Waals surface area contributed by atoms with Crippen molar-refractivity contribution in [2.75, 3.05) is 10.8 Å². The van der Waals surface area contributed by atoms with Crippen molar-refractivity contribution in [3.8, 4) is 0 Å². The molecule has 0 radical (unpaired) electrons. The van der Waals surface area contributed by atoms with Crippen LogP contribution in [-0.4, -0.2) is 43.8 Å². The number of benzene rings is 3. The Labute approximate surface area is 248 Å². The van der Waals surface area contributed by atoms with Gasteiger partial charge in [-0.15, -0.1) is 0 Å². The summed E-state index contributed by atoms with van der Waals surface area (Å²) in [6, 6.07) is 15.8.